The number of thiophene rings is 1. The zero-order valence-corrected chi connectivity index (χ0v) is 24.2. The van der Waals surface area contributed by atoms with Gasteiger partial charge in [0.2, 0.25) is 0 Å². The van der Waals surface area contributed by atoms with Crippen molar-refractivity contribution < 1.29 is 9.59 Å². The number of fused-ring (bicyclic) bond motifs is 1. The second-order valence-corrected chi connectivity index (χ2v) is 12.0. The molecule has 2 heterocycles. The van der Waals surface area contributed by atoms with Gasteiger partial charge >= 0.3 is 0 Å². The van der Waals surface area contributed by atoms with Crippen LogP contribution >= 0.6 is 27.3 Å². The summed E-state index contributed by atoms with van der Waals surface area (Å²) in [6.45, 7) is 5.82. The molecule has 1 aliphatic carbocycles. The number of hydrogen-bond donors (Lipinski definition) is 3. The topological polar surface area (TPSA) is 97.1 Å². The van der Waals surface area contributed by atoms with E-state index in [2.05, 4.69) is 26.6 Å². The molecule has 4 N–H and O–H groups in total. The molecule has 0 atom stereocenters. The lowest BCUT2D eigenvalue weighted by molar-refractivity contribution is 0.0932. The summed E-state index contributed by atoms with van der Waals surface area (Å²) in [5.74, 6) is -0.432. The Morgan fingerprint density at radius 1 is 1.00 bits per heavy atom. The standard InChI is InChI=1S/C30H31BrN4O2S/c1-16-9-14-22(17(2)15-16)35-28(36)23-18(3)33-30-25(24(23)19-10-12-20(31)13-11-19)26(32)27(38-30)29(37)34-21-7-5-4-6-8-21/h9-15,21H,4-8,32H2,1-3H3,(H,34,37)(H,35,36). The Morgan fingerprint density at radius 3 is 2.39 bits per heavy atom. The van der Waals surface area contributed by atoms with E-state index in [1.807, 2.05) is 63.2 Å². The molecule has 2 aromatic carbocycles. The number of nitrogen functional groups attached to an aromatic ring is 1. The third kappa shape index (κ3) is 5.20. The number of benzene rings is 2. The van der Waals surface area contributed by atoms with Crippen LogP contribution in [0.5, 0.6) is 0 Å². The third-order valence-electron chi connectivity index (χ3n) is 7.19. The molecule has 0 unspecified atom stereocenters. The summed E-state index contributed by atoms with van der Waals surface area (Å²) in [7, 11) is 0. The van der Waals surface area contributed by atoms with Gasteiger partial charge in [0.15, 0.2) is 0 Å². The third-order valence-corrected chi connectivity index (χ3v) is 8.82. The van der Waals surface area contributed by atoms with Crippen molar-refractivity contribution in [2.45, 2.75) is 58.9 Å². The maximum absolute atomic E-state index is 13.8. The van der Waals surface area contributed by atoms with Crippen molar-refractivity contribution in [2.75, 3.05) is 11.1 Å². The van der Waals surface area contributed by atoms with Crippen molar-refractivity contribution in [2.24, 2.45) is 0 Å². The monoisotopic (exact) mass is 590 g/mol. The molecule has 1 fully saturated rings. The Hall–Kier alpha value is -3.23. The highest BCUT2D eigenvalue weighted by Crippen LogP contribution is 2.42. The second kappa shape index (κ2) is 10.9. The van der Waals surface area contributed by atoms with E-state index in [1.54, 1.807) is 0 Å². The maximum atomic E-state index is 13.8. The number of amides is 2. The van der Waals surface area contributed by atoms with Crippen molar-refractivity contribution in [3.63, 3.8) is 0 Å². The van der Waals surface area contributed by atoms with Crippen molar-refractivity contribution in [1.82, 2.24) is 10.3 Å². The quantitative estimate of drug-likeness (QED) is 0.223. The Kier molecular flexibility index (Phi) is 7.54. The van der Waals surface area contributed by atoms with Gasteiger partial charge in [0, 0.05) is 27.2 Å². The molecule has 2 aromatic heterocycles. The van der Waals surface area contributed by atoms with Crippen LogP contribution in [0.1, 0.15) is 69.0 Å². The molecular weight excluding hydrogens is 560 g/mol. The number of pyridine rings is 1. The maximum Gasteiger partial charge on any atom is 0.263 e. The van der Waals surface area contributed by atoms with Crippen LogP contribution in [0.2, 0.25) is 0 Å². The van der Waals surface area contributed by atoms with Crippen molar-refractivity contribution >= 4 is 60.7 Å². The highest BCUT2D eigenvalue weighted by atomic mass is 79.9. The number of aryl methyl sites for hydroxylation is 3. The molecule has 0 radical (unpaired) electrons. The summed E-state index contributed by atoms with van der Waals surface area (Å²) in [5.41, 5.74) is 12.5. The lowest BCUT2D eigenvalue weighted by Gasteiger charge is -2.22. The minimum atomic E-state index is -0.263. The Balaban J connectivity index is 1.64. The first-order valence-corrected chi connectivity index (χ1v) is 14.5. The minimum absolute atomic E-state index is 0.167. The minimum Gasteiger partial charge on any atom is -0.397 e. The zero-order chi connectivity index (χ0) is 27.0. The second-order valence-electron chi connectivity index (χ2n) is 10.1. The Bertz CT molecular complexity index is 1540. The van der Waals surface area contributed by atoms with E-state index in [4.69, 9.17) is 10.7 Å². The SMILES string of the molecule is Cc1ccc(NC(=O)c2c(C)nc3sc(C(=O)NC4CCCCC4)c(N)c3c2-c2ccc(Br)cc2)c(C)c1. The van der Waals surface area contributed by atoms with E-state index in [0.717, 1.165) is 52.5 Å². The van der Waals surface area contributed by atoms with Gasteiger partial charge in [-0.25, -0.2) is 4.98 Å². The number of anilines is 2. The van der Waals surface area contributed by atoms with E-state index >= 15 is 0 Å². The van der Waals surface area contributed by atoms with Crippen molar-refractivity contribution in [3.8, 4) is 11.1 Å². The Morgan fingerprint density at radius 2 is 1.71 bits per heavy atom. The molecule has 0 aliphatic heterocycles. The van der Waals surface area contributed by atoms with Crippen molar-refractivity contribution in [1.29, 1.82) is 0 Å². The first kappa shape index (κ1) is 26.4. The fourth-order valence-corrected chi connectivity index (χ4v) is 6.57. The molecule has 4 aromatic rings. The van der Waals surface area contributed by atoms with Gasteiger partial charge < -0.3 is 16.4 Å². The highest BCUT2D eigenvalue weighted by Gasteiger charge is 2.28. The highest BCUT2D eigenvalue weighted by molar-refractivity contribution is 9.10. The molecule has 38 heavy (non-hydrogen) atoms. The average molecular weight is 592 g/mol. The van der Waals surface area contributed by atoms with Gasteiger partial charge in [-0.15, -0.1) is 11.3 Å². The van der Waals surface area contributed by atoms with Crippen LogP contribution in [0, 0.1) is 20.8 Å². The molecular formula is C30H31BrN4O2S. The molecule has 6 nitrogen and oxygen atoms in total. The van der Waals surface area contributed by atoms with E-state index in [-0.39, 0.29) is 17.9 Å². The fraction of sp³-hybridized carbons (Fsp3) is 0.300. The van der Waals surface area contributed by atoms with Crippen LogP contribution in [0.4, 0.5) is 11.4 Å². The first-order chi connectivity index (χ1) is 18.2. The summed E-state index contributed by atoms with van der Waals surface area (Å²) < 4.78 is 0.926. The summed E-state index contributed by atoms with van der Waals surface area (Å²) in [6.07, 6.45) is 5.44. The van der Waals surface area contributed by atoms with Crippen LogP contribution in [0.3, 0.4) is 0 Å². The number of nitrogens with zero attached hydrogens (tertiary/aromatic N) is 1. The van der Waals surface area contributed by atoms with Gasteiger partial charge in [0.1, 0.15) is 9.71 Å². The van der Waals surface area contributed by atoms with E-state index in [0.29, 0.717) is 37.6 Å². The van der Waals surface area contributed by atoms with Crippen LogP contribution < -0.4 is 16.4 Å². The molecule has 8 heteroatoms. The normalized spacial score (nSPS) is 14.0. The van der Waals surface area contributed by atoms with Gasteiger partial charge in [0.25, 0.3) is 11.8 Å². The molecule has 5 rings (SSSR count). The summed E-state index contributed by atoms with van der Waals surface area (Å²) in [4.78, 5) is 33.0. The number of aromatic nitrogens is 1. The number of nitrogens with two attached hydrogens (primary N) is 1. The summed E-state index contributed by atoms with van der Waals surface area (Å²) in [5, 5.41) is 6.90. The van der Waals surface area contributed by atoms with E-state index in [1.165, 1.54) is 17.8 Å². The number of carbonyl (C=O) groups excluding carboxylic acids is 2. The lowest BCUT2D eigenvalue weighted by atomic mass is 9.94. The molecule has 0 bridgehead atoms. The average Bonchev–Trinajstić information content (AvgIpc) is 3.21. The molecule has 0 spiro atoms. The smallest absolute Gasteiger partial charge is 0.263 e. The van der Waals surface area contributed by atoms with E-state index < -0.39 is 0 Å². The van der Waals surface area contributed by atoms with Gasteiger partial charge in [-0.3, -0.25) is 9.59 Å². The number of carbonyl (C=O) groups is 2. The summed E-state index contributed by atoms with van der Waals surface area (Å²) >= 11 is 4.79. The van der Waals surface area contributed by atoms with Crippen molar-refractivity contribution in [3.05, 3.63) is 74.2 Å². The first-order valence-electron chi connectivity index (χ1n) is 12.9. The van der Waals surface area contributed by atoms with Crippen LogP contribution in [0.15, 0.2) is 46.9 Å². The van der Waals surface area contributed by atoms with Gasteiger partial charge in [0.05, 0.1) is 16.9 Å². The molecule has 2 amide bonds. The van der Waals surface area contributed by atoms with Crippen LogP contribution in [0.25, 0.3) is 21.3 Å². The predicted octanol–water partition coefficient (Wildman–Crippen LogP) is 7.55. The van der Waals surface area contributed by atoms with Gasteiger partial charge in [-0.05, 0) is 62.9 Å². The van der Waals surface area contributed by atoms with Gasteiger partial charge in [-0.1, -0.05) is 65.0 Å². The molecule has 1 saturated carbocycles. The number of halogens is 1. The number of rotatable bonds is 5. The van der Waals surface area contributed by atoms with Crippen LogP contribution in [-0.4, -0.2) is 22.8 Å². The van der Waals surface area contributed by atoms with Crippen LogP contribution in [-0.2, 0) is 0 Å². The Labute approximate surface area is 235 Å². The number of nitrogens with one attached hydrogen (secondary N) is 2. The molecule has 196 valence electrons. The summed E-state index contributed by atoms with van der Waals surface area (Å²) in [6, 6.07) is 13.9. The van der Waals surface area contributed by atoms with E-state index in [9.17, 15) is 9.59 Å². The lowest BCUT2D eigenvalue weighted by Crippen LogP contribution is -2.36. The largest absolute Gasteiger partial charge is 0.397 e. The predicted molar refractivity (Wildman–Crippen MR) is 160 cm³/mol. The number of hydrogen-bond acceptors (Lipinski definition) is 5. The molecule has 0 saturated heterocycles. The van der Waals surface area contributed by atoms with Gasteiger partial charge in [-0.2, -0.15) is 0 Å². The molecule has 1 aliphatic rings. The fourth-order valence-electron chi connectivity index (χ4n) is 5.25. The zero-order valence-electron chi connectivity index (χ0n) is 21.8.